The van der Waals surface area contributed by atoms with Crippen molar-refractivity contribution >= 4 is 0 Å². The van der Waals surface area contributed by atoms with Crippen LogP contribution in [0.25, 0.3) is 0 Å². The smallest absolute Gasteiger partial charge is 0.223 e. The molecule has 0 unspecified atom stereocenters. The van der Waals surface area contributed by atoms with Crippen LogP contribution in [-0.4, -0.2) is 54.6 Å². The summed E-state index contributed by atoms with van der Waals surface area (Å²) in [7, 11) is 0. The fraction of sp³-hybridized carbons (Fsp3) is 1.00. The quantitative estimate of drug-likeness (QED) is 0.303. The molecule has 0 saturated carbocycles. The van der Waals surface area contributed by atoms with Gasteiger partial charge in [0.2, 0.25) is 0 Å². The standard InChI is InChI=1S/C11HF23/c12-3(8(23,24)25,9(26,27)28)1(4(13,10(29,30)31)11(32,33)34)2(5(14,15)16,6(17,18)19)7(20,21)22/h1H. The molecule has 0 radical (unpaired) electrons. The van der Waals surface area contributed by atoms with Crippen LogP contribution in [0.5, 0.6) is 0 Å². The Kier molecular flexibility index (Phi) is 7.33. The van der Waals surface area contributed by atoms with Gasteiger partial charge in [0.05, 0.1) is 5.92 Å². The van der Waals surface area contributed by atoms with Crippen molar-refractivity contribution in [3.05, 3.63) is 0 Å². The third kappa shape index (κ3) is 4.16. The lowest BCUT2D eigenvalue weighted by Crippen LogP contribution is -2.81. The Bertz CT molecular complexity index is 609. The van der Waals surface area contributed by atoms with Gasteiger partial charge in [-0.2, -0.15) is 92.2 Å². The third-order valence-corrected chi connectivity index (χ3v) is 4.22. The second-order valence-corrected chi connectivity index (χ2v) is 6.15. The molecule has 0 bridgehead atoms. The average molecular weight is 570 g/mol. The maximum Gasteiger partial charge on any atom is 0.432 e. The summed E-state index contributed by atoms with van der Waals surface area (Å²) in [5.41, 5.74) is -28.5. The molecule has 0 N–H and O–H groups in total. The monoisotopic (exact) mass is 570 g/mol. The molecule has 0 atom stereocenters. The first-order valence-electron chi connectivity index (χ1n) is 6.96. The van der Waals surface area contributed by atoms with Gasteiger partial charge in [0.15, 0.2) is 0 Å². The van der Waals surface area contributed by atoms with Crippen molar-refractivity contribution in [2.75, 3.05) is 0 Å². The Labute approximate surface area is 168 Å². The largest absolute Gasteiger partial charge is 0.432 e. The number of halogens is 23. The van der Waals surface area contributed by atoms with E-state index in [1.165, 1.54) is 0 Å². The van der Waals surface area contributed by atoms with Gasteiger partial charge in [-0.25, -0.2) is 8.78 Å². The Morgan fingerprint density at radius 1 is 0.235 bits per heavy atom. The van der Waals surface area contributed by atoms with Gasteiger partial charge in [0, 0.05) is 0 Å². The third-order valence-electron chi connectivity index (χ3n) is 4.22. The minimum Gasteiger partial charge on any atom is -0.223 e. The summed E-state index contributed by atoms with van der Waals surface area (Å²) in [5.74, 6) is -8.77. The van der Waals surface area contributed by atoms with Crippen molar-refractivity contribution < 1.29 is 101 Å². The van der Waals surface area contributed by atoms with E-state index in [1.807, 2.05) is 0 Å². The fourth-order valence-electron chi connectivity index (χ4n) is 2.82. The molecule has 0 rings (SSSR count). The maximum atomic E-state index is 14.1. The topological polar surface area (TPSA) is 0 Å². The van der Waals surface area contributed by atoms with Crippen LogP contribution in [0, 0.1) is 11.3 Å². The van der Waals surface area contributed by atoms with Gasteiger partial charge in [-0.1, -0.05) is 0 Å². The van der Waals surface area contributed by atoms with Crippen molar-refractivity contribution in [2.24, 2.45) is 11.3 Å². The first-order chi connectivity index (χ1) is 14.1. The maximum absolute atomic E-state index is 14.1. The average Bonchev–Trinajstić information content (AvgIpc) is 2.41. The van der Waals surface area contributed by atoms with Gasteiger partial charge < -0.3 is 0 Å². The van der Waals surface area contributed by atoms with Crippen molar-refractivity contribution in [3.8, 4) is 0 Å². The van der Waals surface area contributed by atoms with E-state index >= 15 is 0 Å². The van der Waals surface area contributed by atoms with Crippen LogP contribution in [-0.2, 0) is 0 Å². The van der Waals surface area contributed by atoms with E-state index in [0.717, 1.165) is 0 Å². The van der Waals surface area contributed by atoms with Gasteiger partial charge in [0.1, 0.15) is 0 Å². The predicted molar refractivity (Wildman–Crippen MR) is 56.0 cm³/mol. The summed E-state index contributed by atoms with van der Waals surface area (Å²) in [5, 5.41) is 0. The van der Waals surface area contributed by atoms with Gasteiger partial charge in [-0.05, 0) is 0 Å². The van der Waals surface area contributed by atoms with Crippen molar-refractivity contribution in [1.82, 2.24) is 0 Å². The number of rotatable bonds is 3. The van der Waals surface area contributed by atoms with Crippen LogP contribution in [0.4, 0.5) is 101 Å². The Morgan fingerprint density at radius 3 is 0.471 bits per heavy atom. The first kappa shape index (κ1) is 32.4. The zero-order chi connectivity index (χ0) is 28.6. The van der Waals surface area contributed by atoms with Crippen LogP contribution in [0.3, 0.4) is 0 Å². The number of alkyl halides is 23. The SMILES string of the molecule is FC(F)(F)C(F)(C(C(F)(C(F)(F)F)C(F)(F)F)C(C(F)(F)F)(C(F)(F)F)C(F)(F)F)C(F)(F)F. The molecule has 0 nitrogen and oxygen atoms in total. The highest BCUT2D eigenvalue weighted by Crippen LogP contribution is 2.74. The van der Waals surface area contributed by atoms with Crippen molar-refractivity contribution in [1.29, 1.82) is 0 Å². The van der Waals surface area contributed by atoms with E-state index in [4.69, 9.17) is 0 Å². The van der Waals surface area contributed by atoms with Crippen LogP contribution < -0.4 is 0 Å². The molecular weight excluding hydrogens is 569 g/mol. The molecule has 0 aromatic heterocycles. The van der Waals surface area contributed by atoms with E-state index in [1.54, 1.807) is 0 Å². The molecular formula is C11HF23. The minimum absolute atomic E-state index is 8.77. The summed E-state index contributed by atoms with van der Waals surface area (Å²) in [4.78, 5) is 0. The zero-order valence-corrected chi connectivity index (χ0v) is 14.3. The van der Waals surface area contributed by atoms with Crippen LogP contribution >= 0.6 is 0 Å². The highest BCUT2D eigenvalue weighted by molar-refractivity contribution is 5.23. The highest BCUT2D eigenvalue weighted by atomic mass is 19.5. The minimum atomic E-state index is -9.60. The molecule has 0 heterocycles. The lowest BCUT2D eigenvalue weighted by Gasteiger charge is -2.53. The lowest BCUT2D eigenvalue weighted by molar-refractivity contribution is -0.509. The normalized spacial score (nSPS) is 16.9. The Morgan fingerprint density at radius 2 is 0.382 bits per heavy atom. The summed E-state index contributed by atoms with van der Waals surface area (Å²) < 4.78 is 298. The van der Waals surface area contributed by atoms with E-state index < -0.39 is 65.9 Å². The molecule has 0 amide bonds. The van der Waals surface area contributed by atoms with Crippen LogP contribution in [0.15, 0.2) is 0 Å². The van der Waals surface area contributed by atoms with Gasteiger partial charge in [0.25, 0.3) is 5.41 Å². The number of hydrogen-bond donors (Lipinski definition) is 0. The second kappa shape index (κ2) is 7.69. The second-order valence-electron chi connectivity index (χ2n) is 6.15. The molecule has 0 fully saturated rings. The van der Waals surface area contributed by atoms with Gasteiger partial charge >= 0.3 is 54.6 Å². The molecule has 0 aliphatic heterocycles. The summed E-state index contributed by atoms with van der Waals surface area (Å²) in [6.45, 7) is 0. The predicted octanol–water partition coefficient (Wildman–Crippen LogP) is 7.94. The van der Waals surface area contributed by atoms with E-state index in [9.17, 15) is 101 Å². The van der Waals surface area contributed by atoms with Gasteiger partial charge in [-0.3, -0.25) is 0 Å². The fourth-order valence-corrected chi connectivity index (χ4v) is 2.82. The highest BCUT2D eigenvalue weighted by Gasteiger charge is 3.01. The van der Waals surface area contributed by atoms with E-state index in [0.29, 0.717) is 0 Å². The molecule has 0 aliphatic carbocycles. The summed E-state index contributed by atoms with van der Waals surface area (Å²) in [6, 6.07) is 0. The van der Waals surface area contributed by atoms with Crippen molar-refractivity contribution in [3.63, 3.8) is 0 Å². The van der Waals surface area contributed by atoms with E-state index in [2.05, 4.69) is 0 Å². The lowest BCUT2D eigenvalue weighted by atomic mass is 9.58. The molecule has 23 heteroatoms. The molecule has 0 aliphatic rings. The molecule has 0 saturated heterocycles. The summed E-state index contributed by atoms with van der Waals surface area (Å²) in [6.07, 6.45) is -63.1. The van der Waals surface area contributed by atoms with E-state index in [-0.39, 0.29) is 0 Å². The zero-order valence-electron chi connectivity index (χ0n) is 14.3. The molecule has 0 aromatic rings. The first-order valence-corrected chi connectivity index (χ1v) is 6.96. The Balaban J connectivity index is 8.91. The van der Waals surface area contributed by atoms with Gasteiger partial charge in [-0.15, -0.1) is 0 Å². The number of hydrogen-bond acceptors (Lipinski definition) is 0. The van der Waals surface area contributed by atoms with Crippen molar-refractivity contribution in [2.45, 2.75) is 54.6 Å². The van der Waals surface area contributed by atoms with Crippen LogP contribution in [0.2, 0.25) is 0 Å². The Hall–Kier alpha value is -1.61. The van der Waals surface area contributed by atoms with Crippen LogP contribution in [0.1, 0.15) is 0 Å². The molecule has 0 spiro atoms. The molecule has 206 valence electrons. The molecule has 34 heavy (non-hydrogen) atoms. The molecule has 0 aromatic carbocycles. The summed E-state index contributed by atoms with van der Waals surface area (Å²) >= 11 is 0.